The van der Waals surface area contributed by atoms with Crippen molar-refractivity contribution in [3.05, 3.63) is 23.8 Å². The molecule has 8 heteroatoms. The van der Waals surface area contributed by atoms with Crippen molar-refractivity contribution in [2.24, 2.45) is 4.99 Å². The molecule has 1 aromatic carbocycles. The highest BCUT2D eigenvalue weighted by atomic mass is 127. The highest BCUT2D eigenvalue weighted by molar-refractivity contribution is 14.0. The number of likely N-dealkylation sites (tertiary alicyclic amines) is 1. The van der Waals surface area contributed by atoms with Gasteiger partial charge in [0.2, 0.25) is 0 Å². The Morgan fingerprint density at radius 3 is 2.47 bits per heavy atom. The topological polar surface area (TPSA) is 78.4 Å². The Morgan fingerprint density at radius 2 is 1.84 bits per heavy atom. The number of ether oxygens (including phenoxy) is 2. The summed E-state index contributed by atoms with van der Waals surface area (Å²) in [4.78, 5) is 7.35. The van der Waals surface area contributed by atoms with Gasteiger partial charge in [-0.3, -0.25) is 4.99 Å². The van der Waals surface area contributed by atoms with Crippen molar-refractivity contribution in [2.45, 2.75) is 70.1 Å². The van der Waals surface area contributed by atoms with Crippen molar-refractivity contribution in [1.82, 2.24) is 15.5 Å². The third-order valence-corrected chi connectivity index (χ3v) is 6.52. The number of benzene rings is 1. The summed E-state index contributed by atoms with van der Waals surface area (Å²) in [6, 6.07) is 6.65. The molecule has 0 bridgehead atoms. The lowest BCUT2D eigenvalue weighted by Gasteiger charge is -2.39. The lowest BCUT2D eigenvalue weighted by molar-refractivity contribution is 0.119. The van der Waals surface area contributed by atoms with Crippen molar-refractivity contribution >= 4 is 29.9 Å². The third kappa shape index (κ3) is 7.66. The Balaban J connectivity index is 0.00000363. The predicted molar refractivity (Wildman–Crippen MR) is 141 cm³/mol. The number of guanidine groups is 1. The van der Waals surface area contributed by atoms with Gasteiger partial charge in [-0.15, -0.1) is 24.0 Å². The van der Waals surface area contributed by atoms with Crippen molar-refractivity contribution in [3.8, 4) is 11.5 Å². The molecule has 0 radical (unpaired) electrons. The summed E-state index contributed by atoms with van der Waals surface area (Å²) in [7, 11) is 3.22. The second kappa shape index (κ2) is 14.1. The van der Waals surface area contributed by atoms with Crippen LogP contribution in [0.15, 0.2) is 23.2 Å². The zero-order valence-corrected chi connectivity index (χ0v) is 22.1. The van der Waals surface area contributed by atoms with Crippen LogP contribution in [0.5, 0.6) is 11.5 Å². The zero-order valence-electron chi connectivity index (χ0n) is 19.8. The number of halogens is 1. The van der Waals surface area contributed by atoms with Gasteiger partial charge in [0.25, 0.3) is 0 Å². The first-order valence-electron chi connectivity index (χ1n) is 11.8. The fourth-order valence-electron chi connectivity index (χ4n) is 4.74. The van der Waals surface area contributed by atoms with Gasteiger partial charge in [0.05, 0.1) is 20.8 Å². The van der Waals surface area contributed by atoms with Crippen molar-refractivity contribution in [3.63, 3.8) is 0 Å². The quantitative estimate of drug-likeness (QED) is 0.256. The van der Waals surface area contributed by atoms with E-state index in [9.17, 15) is 5.11 Å². The largest absolute Gasteiger partial charge is 0.497 e. The summed E-state index contributed by atoms with van der Waals surface area (Å²) in [5.41, 5.74) is 0.683. The van der Waals surface area contributed by atoms with Crippen LogP contribution in [0.1, 0.15) is 63.5 Å². The van der Waals surface area contributed by atoms with E-state index in [1.54, 1.807) is 20.3 Å². The minimum atomic E-state index is -0.770. The molecule has 1 aliphatic heterocycles. The molecule has 3 N–H and O–H groups in total. The number of aliphatic imine (C=N–C) groups is 1. The maximum absolute atomic E-state index is 10.7. The van der Waals surface area contributed by atoms with Gasteiger partial charge in [-0.2, -0.15) is 0 Å². The Morgan fingerprint density at radius 1 is 1.12 bits per heavy atom. The first-order valence-corrected chi connectivity index (χ1v) is 11.8. The van der Waals surface area contributed by atoms with Crippen LogP contribution in [0.25, 0.3) is 0 Å². The number of methoxy groups -OCH3 is 2. The van der Waals surface area contributed by atoms with Gasteiger partial charge in [-0.25, -0.2) is 0 Å². The monoisotopic (exact) mass is 560 g/mol. The Hall–Kier alpha value is -1.26. The molecule has 0 amide bonds. The summed E-state index contributed by atoms with van der Waals surface area (Å²) < 4.78 is 10.7. The number of hydrogen-bond acceptors (Lipinski definition) is 5. The summed E-state index contributed by atoms with van der Waals surface area (Å²) in [6.45, 7) is 5.41. The molecule has 2 fully saturated rings. The van der Waals surface area contributed by atoms with E-state index < -0.39 is 6.10 Å². The number of nitrogens with one attached hydrogen (secondary N) is 2. The molecule has 1 saturated carbocycles. The second-order valence-electron chi connectivity index (χ2n) is 8.59. The first-order chi connectivity index (χ1) is 15.1. The Bertz CT molecular complexity index is 704. The van der Waals surface area contributed by atoms with E-state index in [1.807, 2.05) is 12.1 Å². The molecule has 1 aromatic rings. The Labute approximate surface area is 210 Å². The van der Waals surface area contributed by atoms with E-state index in [-0.39, 0.29) is 30.5 Å². The molecule has 0 spiro atoms. The van der Waals surface area contributed by atoms with Crippen LogP contribution in [-0.4, -0.2) is 68.4 Å². The molecule has 1 saturated heterocycles. The maximum Gasteiger partial charge on any atom is 0.191 e. The third-order valence-electron chi connectivity index (χ3n) is 6.52. The number of rotatable bonds is 8. The minimum Gasteiger partial charge on any atom is -0.497 e. The molecule has 1 unspecified atom stereocenters. The van der Waals surface area contributed by atoms with Gasteiger partial charge in [0, 0.05) is 37.3 Å². The molecule has 1 aliphatic carbocycles. The lowest BCUT2D eigenvalue weighted by Crippen LogP contribution is -2.51. The fraction of sp³-hybridized carbons (Fsp3) is 0.708. The van der Waals surface area contributed by atoms with Gasteiger partial charge >= 0.3 is 0 Å². The van der Waals surface area contributed by atoms with Crippen molar-refractivity contribution in [2.75, 3.05) is 40.4 Å². The summed E-state index contributed by atoms with van der Waals surface area (Å²) in [5, 5.41) is 17.7. The predicted octanol–water partition coefficient (Wildman–Crippen LogP) is 3.71. The summed E-state index contributed by atoms with van der Waals surface area (Å²) in [6.07, 6.45) is 8.42. The minimum absolute atomic E-state index is 0. The first kappa shape index (κ1) is 27.0. The van der Waals surface area contributed by atoms with Crippen molar-refractivity contribution in [1.29, 1.82) is 0 Å². The molecular weight excluding hydrogens is 519 g/mol. The highest BCUT2D eigenvalue weighted by Crippen LogP contribution is 2.29. The number of aliphatic hydroxyl groups excluding tert-OH is 1. The number of hydrogen-bond donors (Lipinski definition) is 3. The average Bonchev–Trinajstić information content (AvgIpc) is 2.83. The second-order valence-corrected chi connectivity index (χ2v) is 8.59. The van der Waals surface area contributed by atoms with E-state index in [1.165, 1.54) is 32.1 Å². The maximum atomic E-state index is 10.7. The normalized spacial score (nSPS) is 19.7. The van der Waals surface area contributed by atoms with E-state index in [4.69, 9.17) is 9.47 Å². The summed E-state index contributed by atoms with van der Waals surface area (Å²) in [5.74, 6) is 2.09. The number of aliphatic hydroxyl groups is 1. The van der Waals surface area contributed by atoms with E-state index in [2.05, 4.69) is 27.4 Å². The molecule has 1 atom stereocenters. The van der Waals surface area contributed by atoms with Gasteiger partial charge in [-0.05, 0) is 50.8 Å². The Kier molecular flexibility index (Phi) is 11.9. The van der Waals surface area contributed by atoms with E-state index >= 15 is 0 Å². The van der Waals surface area contributed by atoms with Crippen LogP contribution in [0, 0.1) is 0 Å². The molecule has 2 aliphatic rings. The smallest absolute Gasteiger partial charge is 0.191 e. The molecule has 182 valence electrons. The van der Waals surface area contributed by atoms with Gasteiger partial charge < -0.3 is 30.1 Å². The van der Waals surface area contributed by atoms with E-state index in [0.29, 0.717) is 23.1 Å². The van der Waals surface area contributed by atoms with Crippen molar-refractivity contribution < 1.29 is 14.6 Å². The molecular formula is C24H41IN4O3. The summed E-state index contributed by atoms with van der Waals surface area (Å²) >= 11 is 0. The van der Waals surface area contributed by atoms with Crippen LogP contribution < -0.4 is 20.1 Å². The van der Waals surface area contributed by atoms with E-state index in [0.717, 1.165) is 44.5 Å². The standard InChI is InChI=1S/C24H40N4O3.HI/c1-4-25-24(26-17-22(29)21-16-20(30-2)10-11-23(21)31-3)27-18-12-14-28(15-13-18)19-8-6-5-7-9-19;/h10-11,16,18-19,22,29H,4-9,12-15,17H2,1-3H3,(H2,25,26,27);1H. The average molecular weight is 561 g/mol. The molecule has 1 heterocycles. The molecule has 7 nitrogen and oxygen atoms in total. The van der Waals surface area contributed by atoms with Crippen LogP contribution in [0.4, 0.5) is 0 Å². The number of piperidine rings is 1. The van der Waals surface area contributed by atoms with Gasteiger partial charge in [-0.1, -0.05) is 19.3 Å². The van der Waals surface area contributed by atoms with Crippen LogP contribution >= 0.6 is 24.0 Å². The van der Waals surface area contributed by atoms with Gasteiger partial charge in [0.1, 0.15) is 17.6 Å². The highest BCUT2D eigenvalue weighted by Gasteiger charge is 2.26. The van der Waals surface area contributed by atoms with Gasteiger partial charge in [0.15, 0.2) is 5.96 Å². The SMILES string of the molecule is CCNC(=NCC(O)c1cc(OC)ccc1OC)NC1CCN(C2CCCCC2)CC1.I. The zero-order chi connectivity index (χ0) is 22.1. The molecule has 3 rings (SSSR count). The lowest BCUT2D eigenvalue weighted by atomic mass is 9.92. The van der Waals surface area contributed by atoms with Crippen LogP contribution in [0.2, 0.25) is 0 Å². The van der Waals surface area contributed by atoms with Crippen LogP contribution in [0.3, 0.4) is 0 Å². The molecule has 0 aromatic heterocycles. The number of nitrogens with zero attached hydrogens (tertiary/aromatic N) is 2. The fourth-order valence-corrected chi connectivity index (χ4v) is 4.74. The van der Waals surface area contributed by atoms with Crippen LogP contribution in [-0.2, 0) is 0 Å². The molecule has 32 heavy (non-hydrogen) atoms.